The zero-order valence-electron chi connectivity index (χ0n) is 12.4. The molecule has 1 saturated carbocycles. The summed E-state index contributed by atoms with van der Waals surface area (Å²) in [6, 6.07) is 2.01. The number of amides is 1. The topological polar surface area (TPSA) is 95.7 Å². The lowest BCUT2D eigenvalue weighted by atomic mass is 9.91. The summed E-state index contributed by atoms with van der Waals surface area (Å²) in [5.74, 6) is -1.34. The number of carboxylic acids is 1. The van der Waals surface area contributed by atoms with Gasteiger partial charge in [-0.3, -0.25) is 9.48 Å². The van der Waals surface area contributed by atoms with Crippen LogP contribution in [0, 0.1) is 0 Å². The molecule has 2 aliphatic rings. The number of carbonyl (C=O) groups is 2. The summed E-state index contributed by atoms with van der Waals surface area (Å²) in [7, 11) is 0. The number of carboxylic acid groups (broad SMARTS) is 1. The smallest absolute Gasteiger partial charge is 0.335 e. The van der Waals surface area contributed by atoms with Crippen LogP contribution in [0.25, 0.3) is 0 Å². The Bertz CT molecular complexity index is 569. The predicted octanol–water partition coefficient (Wildman–Crippen LogP) is 1.05. The van der Waals surface area contributed by atoms with Crippen molar-refractivity contribution in [2.24, 2.45) is 0 Å². The van der Waals surface area contributed by atoms with Crippen LogP contribution < -0.4 is 0 Å². The minimum Gasteiger partial charge on any atom is -0.479 e. The lowest BCUT2D eigenvalue weighted by Crippen LogP contribution is -2.51. The van der Waals surface area contributed by atoms with Crippen molar-refractivity contribution in [3.63, 3.8) is 0 Å². The lowest BCUT2D eigenvalue weighted by molar-refractivity contribution is -0.162. The molecule has 0 aromatic carbocycles. The molecule has 1 amide bonds. The average molecular weight is 307 g/mol. The van der Waals surface area contributed by atoms with Gasteiger partial charge in [-0.25, -0.2) is 4.79 Å². The fraction of sp³-hybridized carbons (Fsp3) is 0.667. The van der Waals surface area contributed by atoms with E-state index < -0.39 is 11.6 Å². The van der Waals surface area contributed by atoms with Gasteiger partial charge in [0.15, 0.2) is 5.60 Å². The first kappa shape index (κ1) is 15.0. The molecule has 3 rings (SSSR count). The highest BCUT2D eigenvalue weighted by atomic mass is 16.4. The average Bonchev–Trinajstić information content (AvgIpc) is 3.18. The Labute approximate surface area is 128 Å². The summed E-state index contributed by atoms with van der Waals surface area (Å²) in [5.41, 5.74) is -1.14. The monoisotopic (exact) mass is 307 g/mol. The number of aliphatic hydroxyl groups is 1. The number of aromatic nitrogens is 2. The van der Waals surface area contributed by atoms with E-state index in [2.05, 4.69) is 5.10 Å². The van der Waals surface area contributed by atoms with Crippen molar-refractivity contribution in [1.29, 1.82) is 0 Å². The number of carbonyl (C=O) groups excluding carboxylic acids is 1. The summed E-state index contributed by atoms with van der Waals surface area (Å²) >= 11 is 0. The Morgan fingerprint density at radius 2 is 1.86 bits per heavy atom. The van der Waals surface area contributed by atoms with Gasteiger partial charge in [0.05, 0.1) is 6.04 Å². The van der Waals surface area contributed by atoms with Crippen molar-refractivity contribution in [2.75, 3.05) is 13.1 Å². The molecule has 0 unspecified atom stereocenters. The second kappa shape index (κ2) is 5.72. The number of rotatable bonds is 3. The number of hydrogen-bond acceptors (Lipinski definition) is 4. The van der Waals surface area contributed by atoms with Crippen LogP contribution in [-0.4, -0.2) is 55.5 Å². The molecule has 22 heavy (non-hydrogen) atoms. The highest BCUT2D eigenvalue weighted by molar-refractivity contribution is 5.93. The molecule has 120 valence electrons. The first-order valence-electron chi connectivity index (χ1n) is 7.80. The van der Waals surface area contributed by atoms with E-state index in [4.69, 9.17) is 5.11 Å². The first-order valence-corrected chi connectivity index (χ1v) is 7.80. The third-order valence-electron chi connectivity index (χ3n) is 4.84. The molecule has 7 heteroatoms. The van der Waals surface area contributed by atoms with E-state index in [-0.39, 0.29) is 37.9 Å². The van der Waals surface area contributed by atoms with Gasteiger partial charge in [0.2, 0.25) is 0 Å². The zero-order chi connectivity index (χ0) is 15.7. The van der Waals surface area contributed by atoms with Crippen LogP contribution >= 0.6 is 0 Å². The summed E-state index contributed by atoms with van der Waals surface area (Å²) in [4.78, 5) is 25.3. The fourth-order valence-corrected chi connectivity index (χ4v) is 3.38. The maximum atomic E-state index is 12.7. The minimum absolute atomic E-state index is 0.0611. The largest absolute Gasteiger partial charge is 0.479 e. The van der Waals surface area contributed by atoms with Crippen LogP contribution in [0.15, 0.2) is 12.3 Å². The molecule has 0 radical (unpaired) electrons. The van der Waals surface area contributed by atoms with Gasteiger partial charge in [-0.2, -0.15) is 5.10 Å². The van der Waals surface area contributed by atoms with E-state index in [0.29, 0.717) is 5.69 Å². The number of aliphatic carboxylic acids is 1. The normalized spacial score (nSPS) is 22.0. The molecule has 1 aliphatic heterocycles. The van der Waals surface area contributed by atoms with E-state index in [1.165, 1.54) is 0 Å². The van der Waals surface area contributed by atoms with E-state index in [0.717, 1.165) is 25.7 Å². The molecule has 2 N–H and O–H groups in total. The molecule has 0 bridgehead atoms. The molecule has 1 aromatic heterocycles. The number of piperidine rings is 1. The van der Waals surface area contributed by atoms with Crippen molar-refractivity contribution < 1.29 is 19.8 Å². The molecule has 1 aliphatic carbocycles. The Morgan fingerprint density at radius 1 is 1.23 bits per heavy atom. The summed E-state index contributed by atoms with van der Waals surface area (Å²) < 4.78 is 1.81. The molecular weight excluding hydrogens is 286 g/mol. The highest BCUT2D eigenvalue weighted by Crippen LogP contribution is 2.30. The third kappa shape index (κ3) is 2.61. The molecule has 1 saturated heterocycles. The van der Waals surface area contributed by atoms with Gasteiger partial charge in [-0.15, -0.1) is 0 Å². The van der Waals surface area contributed by atoms with E-state index >= 15 is 0 Å². The second-order valence-corrected chi connectivity index (χ2v) is 6.23. The Morgan fingerprint density at radius 3 is 2.45 bits per heavy atom. The molecular formula is C15H21N3O4. The van der Waals surface area contributed by atoms with Gasteiger partial charge in [0.1, 0.15) is 5.69 Å². The standard InChI is InChI=1S/C15H21N3O4/c19-13(17-9-6-15(22,7-10-17)14(20)21)12-5-8-16-18(12)11-3-1-2-4-11/h5,8,11,22H,1-4,6-7,9-10H2,(H,20,21). The van der Waals surface area contributed by atoms with Crippen molar-refractivity contribution in [2.45, 2.75) is 50.2 Å². The van der Waals surface area contributed by atoms with Crippen LogP contribution in [0.3, 0.4) is 0 Å². The van der Waals surface area contributed by atoms with Crippen LogP contribution in [0.2, 0.25) is 0 Å². The maximum Gasteiger partial charge on any atom is 0.335 e. The lowest BCUT2D eigenvalue weighted by Gasteiger charge is -2.35. The number of hydrogen-bond donors (Lipinski definition) is 2. The third-order valence-corrected chi connectivity index (χ3v) is 4.84. The zero-order valence-corrected chi connectivity index (χ0v) is 12.4. The van der Waals surface area contributed by atoms with E-state index in [1.54, 1.807) is 17.2 Å². The van der Waals surface area contributed by atoms with Crippen LogP contribution in [0.5, 0.6) is 0 Å². The Hall–Kier alpha value is -1.89. The van der Waals surface area contributed by atoms with Crippen LogP contribution in [0.4, 0.5) is 0 Å². The van der Waals surface area contributed by atoms with Crippen molar-refractivity contribution >= 4 is 11.9 Å². The van der Waals surface area contributed by atoms with Gasteiger partial charge in [-0.05, 0) is 18.9 Å². The van der Waals surface area contributed by atoms with Crippen LogP contribution in [0.1, 0.15) is 55.1 Å². The van der Waals surface area contributed by atoms with Crippen LogP contribution in [-0.2, 0) is 4.79 Å². The molecule has 0 spiro atoms. The van der Waals surface area contributed by atoms with Gasteiger partial charge >= 0.3 is 5.97 Å². The van der Waals surface area contributed by atoms with Gasteiger partial charge in [0, 0.05) is 32.1 Å². The molecule has 2 heterocycles. The summed E-state index contributed by atoms with van der Waals surface area (Å²) in [5, 5.41) is 23.3. The van der Waals surface area contributed by atoms with Crippen molar-refractivity contribution in [1.82, 2.24) is 14.7 Å². The SMILES string of the molecule is O=C(c1ccnn1C1CCCC1)N1CCC(O)(C(=O)O)CC1. The Kier molecular flexibility index (Phi) is 3.90. The molecule has 2 fully saturated rings. The second-order valence-electron chi connectivity index (χ2n) is 6.23. The summed E-state index contributed by atoms with van der Waals surface area (Å²) in [6.07, 6.45) is 6.17. The number of likely N-dealkylation sites (tertiary alicyclic amines) is 1. The highest BCUT2D eigenvalue weighted by Gasteiger charge is 2.41. The Balaban J connectivity index is 1.71. The van der Waals surface area contributed by atoms with Gasteiger partial charge in [0.25, 0.3) is 5.91 Å². The maximum absolute atomic E-state index is 12.7. The number of nitrogens with zero attached hydrogens (tertiary/aromatic N) is 3. The molecule has 0 atom stereocenters. The minimum atomic E-state index is -1.71. The fourth-order valence-electron chi connectivity index (χ4n) is 3.38. The van der Waals surface area contributed by atoms with Crippen molar-refractivity contribution in [3.05, 3.63) is 18.0 Å². The van der Waals surface area contributed by atoms with E-state index in [1.807, 2.05) is 4.68 Å². The van der Waals surface area contributed by atoms with E-state index in [9.17, 15) is 14.7 Å². The predicted molar refractivity (Wildman–Crippen MR) is 77.5 cm³/mol. The van der Waals surface area contributed by atoms with Crippen molar-refractivity contribution in [3.8, 4) is 0 Å². The first-order chi connectivity index (χ1) is 10.5. The molecule has 7 nitrogen and oxygen atoms in total. The van der Waals surface area contributed by atoms with Gasteiger partial charge in [-0.1, -0.05) is 12.8 Å². The summed E-state index contributed by atoms with van der Waals surface area (Å²) in [6.45, 7) is 0.495. The quantitative estimate of drug-likeness (QED) is 0.870. The molecule has 1 aromatic rings. The van der Waals surface area contributed by atoms with Gasteiger partial charge < -0.3 is 15.1 Å².